The Hall–Kier alpha value is -0.120. The van der Waals surface area contributed by atoms with Crippen LogP contribution in [0.25, 0.3) is 0 Å². The van der Waals surface area contributed by atoms with Gasteiger partial charge in [-0.2, -0.15) is 0 Å². The van der Waals surface area contributed by atoms with Gasteiger partial charge in [-0.25, -0.2) is 0 Å². The van der Waals surface area contributed by atoms with Gasteiger partial charge < -0.3 is 10.1 Å². The maximum absolute atomic E-state index is 5.52. The van der Waals surface area contributed by atoms with Crippen molar-refractivity contribution in [1.82, 2.24) is 10.2 Å². The van der Waals surface area contributed by atoms with Crippen LogP contribution >= 0.6 is 0 Å². The first-order chi connectivity index (χ1) is 7.94. The van der Waals surface area contributed by atoms with Crippen molar-refractivity contribution in [3.63, 3.8) is 0 Å². The van der Waals surface area contributed by atoms with Crippen LogP contribution in [0.15, 0.2) is 0 Å². The maximum atomic E-state index is 5.52. The summed E-state index contributed by atoms with van der Waals surface area (Å²) < 4.78 is 5.52. The van der Waals surface area contributed by atoms with Gasteiger partial charge in [-0.3, -0.25) is 4.90 Å². The maximum Gasteiger partial charge on any atom is 0.0619 e. The molecule has 0 aromatic carbocycles. The molecule has 2 unspecified atom stereocenters. The van der Waals surface area contributed by atoms with Gasteiger partial charge in [-0.15, -0.1) is 0 Å². The Bertz CT molecular complexity index is 213. The third-order valence-corrected chi connectivity index (χ3v) is 3.38. The fraction of sp³-hybridized carbons (Fsp3) is 1.00. The average molecular weight is 242 g/mol. The second-order valence-corrected chi connectivity index (χ2v) is 6.24. The molecule has 2 atom stereocenters. The Morgan fingerprint density at radius 3 is 2.65 bits per heavy atom. The molecule has 0 saturated carbocycles. The molecule has 0 radical (unpaired) electrons. The third-order valence-electron chi connectivity index (χ3n) is 3.38. The van der Waals surface area contributed by atoms with Gasteiger partial charge in [0, 0.05) is 30.7 Å². The van der Waals surface area contributed by atoms with E-state index in [4.69, 9.17) is 4.74 Å². The standard InChI is InChI=1S/C14H30N2O/c1-6-7-13(10-15-14(3,4)5)16-8-9-17-11-12(16)2/h12-13,15H,6-11H2,1-5H3. The lowest BCUT2D eigenvalue weighted by molar-refractivity contribution is -0.0244. The molecule has 0 aromatic rings. The van der Waals surface area contributed by atoms with E-state index in [1.54, 1.807) is 0 Å². The van der Waals surface area contributed by atoms with E-state index in [0.29, 0.717) is 12.1 Å². The van der Waals surface area contributed by atoms with Gasteiger partial charge in [0.25, 0.3) is 0 Å². The number of ether oxygens (including phenoxy) is 1. The number of morpholine rings is 1. The molecule has 0 aromatic heterocycles. The van der Waals surface area contributed by atoms with Gasteiger partial charge in [0.2, 0.25) is 0 Å². The van der Waals surface area contributed by atoms with Crippen molar-refractivity contribution in [3.05, 3.63) is 0 Å². The fourth-order valence-corrected chi connectivity index (χ4v) is 2.42. The number of nitrogens with one attached hydrogen (secondary N) is 1. The first-order valence-corrected chi connectivity index (χ1v) is 7.02. The molecule has 0 spiro atoms. The van der Waals surface area contributed by atoms with Crippen molar-refractivity contribution in [1.29, 1.82) is 0 Å². The van der Waals surface area contributed by atoms with Crippen LogP contribution < -0.4 is 5.32 Å². The summed E-state index contributed by atoms with van der Waals surface area (Å²) in [5.74, 6) is 0. The van der Waals surface area contributed by atoms with E-state index in [9.17, 15) is 0 Å². The lowest BCUT2D eigenvalue weighted by Gasteiger charge is -2.40. The van der Waals surface area contributed by atoms with Crippen LogP contribution in [0.5, 0.6) is 0 Å². The molecule has 1 aliphatic rings. The Kier molecular flexibility index (Phi) is 5.90. The molecule has 0 bridgehead atoms. The fourth-order valence-electron chi connectivity index (χ4n) is 2.42. The average Bonchev–Trinajstić information content (AvgIpc) is 2.24. The van der Waals surface area contributed by atoms with Crippen molar-refractivity contribution < 1.29 is 4.74 Å². The zero-order valence-electron chi connectivity index (χ0n) is 12.3. The molecule has 1 N–H and O–H groups in total. The smallest absolute Gasteiger partial charge is 0.0619 e. The van der Waals surface area contributed by atoms with Crippen LogP contribution in [-0.2, 0) is 4.74 Å². The van der Waals surface area contributed by atoms with Gasteiger partial charge in [0.15, 0.2) is 0 Å². The van der Waals surface area contributed by atoms with Gasteiger partial charge in [-0.1, -0.05) is 13.3 Å². The summed E-state index contributed by atoms with van der Waals surface area (Å²) in [6, 6.07) is 1.21. The topological polar surface area (TPSA) is 24.5 Å². The Labute approximate surface area is 107 Å². The van der Waals surface area contributed by atoms with E-state index in [0.717, 1.165) is 26.3 Å². The minimum atomic E-state index is 0.210. The third kappa shape index (κ3) is 5.36. The molecule has 1 rings (SSSR count). The highest BCUT2D eigenvalue weighted by Crippen LogP contribution is 2.15. The van der Waals surface area contributed by atoms with Crippen molar-refractivity contribution in [2.45, 2.75) is 65.1 Å². The Balaban J connectivity index is 2.51. The lowest BCUT2D eigenvalue weighted by Crippen LogP contribution is -2.54. The second kappa shape index (κ2) is 6.72. The summed E-state index contributed by atoms with van der Waals surface area (Å²) in [6.07, 6.45) is 2.52. The molecule has 1 fully saturated rings. The Morgan fingerprint density at radius 1 is 1.41 bits per heavy atom. The minimum absolute atomic E-state index is 0.210. The summed E-state index contributed by atoms with van der Waals surface area (Å²) in [6.45, 7) is 15.2. The van der Waals surface area contributed by atoms with Gasteiger partial charge in [-0.05, 0) is 34.1 Å². The van der Waals surface area contributed by atoms with Gasteiger partial charge in [0.1, 0.15) is 0 Å². The van der Waals surface area contributed by atoms with E-state index in [2.05, 4.69) is 44.8 Å². The number of hydrogen-bond acceptors (Lipinski definition) is 3. The molecule has 17 heavy (non-hydrogen) atoms. The highest BCUT2D eigenvalue weighted by molar-refractivity contribution is 4.83. The normalized spacial score (nSPS) is 24.9. The van der Waals surface area contributed by atoms with E-state index < -0.39 is 0 Å². The van der Waals surface area contributed by atoms with Gasteiger partial charge in [0.05, 0.1) is 13.2 Å². The van der Waals surface area contributed by atoms with Crippen molar-refractivity contribution >= 4 is 0 Å². The SMILES string of the molecule is CCCC(CNC(C)(C)C)N1CCOCC1C. The van der Waals surface area contributed by atoms with Crippen molar-refractivity contribution in [2.24, 2.45) is 0 Å². The molecule has 1 aliphatic heterocycles. The first kappa shape index (κ1) is 14.9. The monoisotopic (exact) mass is 242 g/mol. The summed E-state index contributed by atoms with van der Waals surface area (Å²) >= 11 is 0. The van der Waals surface area contributed by atoms with Crippen LogP contribution in [0, 0.1) is 0 Å². The van der Waals surface area contributed by atoms with Crippen molar-refractivity contribution in [3.8, 4) is 0 Å². The van der Waals surface area contributed by atoms with E-state index in [1.165, 1.54) is 12.8 Å². The minimum Gasteiger partial charge on any atom is -0.379 e. The van der Waals surface area contributed by atoms with E-state index in [1.807, 2.05) is 0 Å². The van der Waals surface area contributed by atoms with E-state index in [-0.39, 0.29) is 5.54 Å². The highest BCUT2D eigenvalue weighted by Gasteiger charge is 2.26. The summed E-state index contributed by atoms with van der Waals surface area (Å²) in [5.41, 5.74) is 0.210. The molecule has 3 heteroatoms. The summed E-state index contributed by atoms with van der Waals surface area (Å²) in [5, 5.41) is 3.64. The Morgan fingerprint density at radius 2 is 2.12 bits per heavy atom. The second-order valence-electron chi connectivity index (χ2n) is 6.24. The molecular weight excluding hydrogens is 212 g/mol. The van der Waals surface area contributed by atoms with Crippen LogP contribution in [0.3, 0.4) is 0 Å². The zero-order valence-corrected chi connectivity index (χ0v) is 12.3. The summed E-state index contributed by atoms with van der Waals surface area (Å²) in [7, 11) is 0. The van der Waals surface area contributed by atoms with Gasteiger partial charge >= 0.3 is 0 Å². The largest absolute Gasteiger partial charge is 0.379 e. The quantitative estimate of drug-likeness (QED) is 0.800. The van der Waals surface area contributed by atoms with E-state index >= 15 is 0 Å². The molecule has 1 saturated heterocycles. The molecule has 0 aliphatic carbocycles. The lowest BCUT2D eigenvalue weighted by atomic mass is 10.0. The predicted molar refractivity (Wildman–Crippen MR) is 73.4 cm³/mol. The molecule has 0 amide bonds. The molecular formula is C14H30N2O. The highest BCUT2D eigenvalue weighted by atomic mass is 16.5. The molecule has 3 nitrogen and oxygen atoms in total. The number of nitrogens with zero attached hydrogens (tertiary/aromatic N) is 1. The number of rotatable bonds is 5. The molecule has 102 valence electrons. The van der Waals surface area contributed by atoms with Crippen LogP contribution in [0.1, 0.15) is 47.5 Å². The van der Waals surface area contributed by atoms with Crippen LogP contribution in [-0.4, -0.2) is 48.8 Å². The summed E-state index contributed by atoms with van der Waals surface area (Å²) in [4.78, 5) is 2.62. The zero-order chi connectivity index (χ0) is 12.9. The van der Waals surface area contributed by atoms with Crippen LogP contribution in [0.2, 0.25) is 0 Å². The predicted octanol–water partition coefficient (Wildman–Crippen LogP) is 2.26. The molecule has 1 heterocycles. The number of hydrogen-bond donors (Lipinski definition) is 1. The van der Waals surface area contributed by atoms with Crippen LogP contribution in [0.4, 0.5) is 0 Å². The first-order valence-electron chi connectivity index (χ1n) is 7.02. The van der Waals surface area contributed by atoms with Crippen molar-refractivity contribution in [2.75, 3.05) is 26.3 Å².